The largest absolute Gasteiger partial charge is 0.492 e. The minimum atomic E-state index is -0.000524. The van der Waals surface area contributed by atoms with E-state index >= 15 is 0 Å². The number of carbonyl (C=O) groups is 1. The number of rotatable bonds is 6. The third-order valence-electron chi connectivity index (χ3n) is 3.69. The molecule has 1 amide bonds. The standard InChI is InChI=1S/C20H18BrNO2/c21-18-8-5-15(6-9-18)13-20(23)22-11-12-24-19-10-7-16-3-1-2-4-17(16)14-19/h1-10,14H,11-13H2,(H,22,23). The Hall–Kier alpha value is -2.33. The molecule has 0 aromatic heterocycles. The van der Waals surface area contributed by atoms with Gasteiger partial charge in [-0.25, -0.2) is 0 Å². The van der Waals surface area contributed by atoms with Gasteiger partial charge in [0.1, 0.15) is 12.4 Å². The van der Waals surface area contributed by atoms with Crippen LogP contribution in [-0.2, 0) is 11.2 Å². The minimum absolute atomic E-state index is 0.000524. The molecule has 122 valence electrons. The van der Waals surface area contributed by atoms with Crippen LogP contribution < -0.4 is 10.1 Å². The van der Waals surface area contributed by atoms with Crippen molar-refractivity contribution in [2.24, 2.45) is 0 Å². The van der Waals surface area contributed by atoms with Gasteiger partial charge >= 0.3 is 0 Å². The molecule has 0 atom stereocenters. The maximum Gasteiger partial charge on any atom is 0.224 e. The van der Waals surface area contributed by atoms with Crippen LogP contribution in [0.25, 0.3) is 10.8 Å². The first kappa shape index (κ1) is 16.5. The highest BCUT2D eigenvalue weighted by Crippen LogP contribution is 2.20. The highest BCUT2D eigenvalue weighted by molar-refractivity contribution is 9.10. The first-order chi connectivity index (χ1) is 11.7. The maximum absolute atomic E-state index is 11.9. The average Bonchev–Trinajstić information content (AvgIpc) is 2.60. The van der Waals surface area contributed by atoms with Crippen molar-refractivity contribution in [1.29, 1.82) is 0 Å². The second-order valence-corrected chi connectivity index (χ2v) is 6.43. The zero-order valence-corrected chi connectivity index (χ0v) is 14.8. The molecule has 3 nitrogen and oxygen atoms in total. The molecule has 0 fully saturated rings. The summed E-state index contributed by atoms with van der Waals surface area (Å²) in [5.74, 6) is 0.815. The van der Waals surface area contributed by atoms with Crippen LogP contribution in [0, 0.1) is 0 Å². The monoisotopic (exact) mass is 383 g/mol. The van der Waals surface area contributed by atoms with Gasteiger partial charge in [-0.2, -0.15) is 0 Å². The van der Waals surface area contributed by atoms with Crippen LogP contribution in [0.4, 0.5) is 0 Å². The molecule has 4 heteroatoms. The normalized spacial score (nSPS) is 10.5. The fourth-order valence-corrected chi connectivity index (χ4v) is 2.73. The van der Waals surface area contributed by atoms with Crippen LogP contribution in [-0.4, -0.2) is 19.1 Å². The second kappa shape index (κ2) is 7.97. The highest BCUT2D eigenvalue weighted by Gasteiger charge is 2.03. The van der Waals surface area contributed by atoms with Gasteiger partial charge in [0.2, 0.25) is 5.91 Å². The van der Waals surface area contributed by atoms with Gasteiger partial charge < -0.3 is 10.1 Å². The summed E-state index contributed by atoms with van der Waals surface area (Å²) < 4.78 is 6.72. The Bertz CT molecular complexity index is 830. The van der Waals surface area contributed by atoms with E-state index in [-0.39, 0.29) is 5.91 Å². The van der Waals surface area contributed by atoms with Gasteiger partial charge in [0, 0.05) is 4.47 Å². The van der Waals surface area contributed by atoms with E-state index in [2.05, 4.69) is 33.4 Å². The molecular weight excluding hydrogens is 366 g/mol. The lowest BCUT2D eigenvalue weighted by atomic mass is 10.1. The molecule has 0 heterocycles. The smallest absolute Gasteiger partial charge is 0.224 e. The maximum atomic E-state index is 11.9. The molecule has 24 heavy (non-hydrogen) atoms. The Morgan fingerprint density at radius 1 is 0.958 bits per heavy atom. The number of hydrogen-bond acceptors (Lipinski definition) is 2. The lowest BCUT2D eigenvalue weighted by Gasteiger charge is -2.09. The van der Waals surface area contributed by atoms with Gasteiger partial charge in [-0.15, -0.1) is 0 Å². The molecule has 1 N–H and O–H groups in total. The van der Waals surface area contributed by atoms with Crippen LogP contribution in [0.3, 0.4) is 0 Å². The van der Waals surface area contributed by atoms with Crippen molar-refractivity contribution in [2.45, 2.75) is 6.42 Å². The summed E-state index contributed by atoms with van der Waals surface area (Å²) in [6.45, 7) is 0.937. The first-order valence-corrected chi connectivity index (χ1v) is 8.63. The molecule has 3 aromatic carbocycles. The van der Waals surface area contributed by atoms with Gasteiger partial charge in [-0.05, 0) is 40.6 Å². The van der Waals surface area contributed by atoms with Gasteiger partial charge in [-0.1, -0.05) is 58.4 Å². The average molecular weight is 384 g/mol. The topological polar surface area (TPSA) is 38.3 Å². The van der Waals surface area contributed by atoms with Gasteiger partial charge in [0.05, 0.1) is 13.0 Å². The lowest BCUT2D eigenvalue weighted by Crippen LogP contribution is -2.29. The summed E-state index contributed by atoms with van der Waals surface area (Å²) in [4.78, 5) is 11.9. The molecule has 0 unspecified atom stereocenters. The summed E-state index contributed by atoms with van der Waals surface area (Å²) in [5, 5.41) is 5.21. The molecule has 0 saturated heterocycles. The number of ether oxygens (including phenoxy) is 1. The van der Waals surface area contributed by atoms with Crippen LogP contribution in [0.2, 0.25) is 0 Å². The number of halogens is 1. The van der Waals surface area contributed by atoms with E-state index in [0.717, 1.165) is 21.2 Å². The lowest BCUT2D eigenvalue weighted by molar-refractivity contribution is -0.120. The molecular formula is C20H18BrNO2. The second-order valence-electron chi connectivity index (χ2n) is 5.51. The molecule has 3 rings (SSSR count). The van der Waals surface area contributed by atoms with Crippen molar-refractivity contribution >= 4 is 32.6 Å². The Morgan fingerprint density at radius 3 is 2.50 bits per heavy atom. The van der Waals surface area contributed by atoms with E-state index in [1.807, 2.05) is 54.6 Å². The zero-order valence-electron chi connectivity index (χ0n) is 13.2. The molecule has 0 aliphatic rings. The number of nitrogens with one attached hydrogen (secondary N) is 1. The third kappa shape index (κ3) is 4.59. The van der Waals surface area contributed by atoms with Gasteiger partial charge in [0.25, 0.3) is 0 Å². The predicted octanol–water partition coefficient (Wildman–Crippen LogP) is 4.34. The highest BCUT2D eigenvalue weighted by atomic mass is 79.9. The van der Waals surface area contributed by atoms with E-state index < -0.39 is 0 Å². The van der Waals surface area contributed by atoms with Crippen molar-refractivity contribution < 1.29 is 9.53 Å². The fourth-order valence-electron chi connectivity index (χ4n) is 2.47. The summed E-state index contributed by atoms with van der Waals surface area (Å²) in [5.41, 5.74) is 0.992. The van der Waals surface area contributed by atoms with Crippen molar-refractivity contribution in [3.8, 4) is 5.75 Å². The van der Waals surface area contributed by atoms with Crippen LogP contribution in [0.5, 0.6) is 5.75 Å². The van der Waals surface area contributed by atoms with E-state index in [0.29, 0.717) is 19.6 Å². The van der Waals surface area contributed by atoms with Crippen LogP contribution in [0.1, 0.15) is 5.56 Å². The summed E-state index contributed by atoms with van der Waals surface area (Å²) in [7, 11) is 0. The van der Waals surface area contributed by atoms with Crippen LogP contribution in [0.15, 0.2) is 71.2 Å². The molecule has 0 aliphatic heterocycles. The number of carbonyl (C=O) groups excluding carboxylic acids is 1. The van der Waals surface area contributed by atoms with Crippen molar-refractivity contribution in [3.63, 3.8) is 0 Å². The molecule has 0 spiro atoms. The van der Waals surface area contributed by atoms with E-state index in [9.17, 15) is 4.79 Å². The zero-order chi connectivity index (χ0) is 16.8. The Labute approximate surface area is 149 Å². The molecule has 0 saturated carbocycles. The number of benzene rings is 3. The van der Waals surface area contributed by atoms with E-state index in [1.54, 1.807) is 0 Å². The summed E-state index contributed by atoms with van der Waals surface area (Å²) >= 11 is 3.38. The quantitative estimate of drug-likeness (QED) is 0.642. The molecule has 0 radical (unpaired) electrons. The molecule has 0 bridgehead atoms. The molecule has 3 aromatic rings. The summed E-state index contributed by atoms with van der Waals surface area (Å²) in [6, 6.07) is 21.9. The number of fused-ring (bicyclic) bond motifs is 1. The van der Waals surface area contributed by atoms with Crippen molar-refractivity contribution in [3.05, 3.63) is 76.8 Å². The number of amides is 1. The first-order valence-electron chi connectivity index (χ1n) is 7.83. The van der Waals surface area contributed by atoms with E-state index in [4.69, 9.17) is 4.74 Å². The van der Waals surface area contributed by atoms with Crippen molar-refractivity contribution in [2.75, 3.05) is 13.2 Å². The predicted molar refractivity (Wildman–Crippen MR) is 100 cm³/mol. The minimum Gasteiger partial charge on any atom is -0.492 e. The van der Waals surface area contributed by atoms with Gasteiger partial charge in [0.15, 0.2) is 0 Å². The third-order valence-corrected chi connectivity index (χ3v) is 4.22. The van der Waals surface area contributed by atoms with Crippen molar-refractivity contribution in [1.82, 2.24) is 5.32 Å². The Kier molecular flexibility index (Phi) is 5.49. The Balaban J connectivity index is 1.44. The number of hydrogen-bond donors (Lipinski definition) is 1. The summed E-state index contributed by atoms with van der Waals surface area (Å²) in [6.07, 6.45) is 0.378. The SMILES string of the molecule is O=C(Cc1ccc(Br)cc1)NCCOc1ccc2ccccc2c1. The van der Waals surface area contributed by atoms with Crippen LogP contribution >= 0.6 is 15.9 Å². The van der Waals surface area contributed by atoms with Gasteiger partial charge in [-0.3, -0.25) is 4.79 Å². The Morgan fingerprint density at radius 2 is 1.71 bits per heavy atom. The fraction of sp³-hybridized carbons (Fsp3) is 0.150. The molecule has 0 aliphatic carbocycles. The van der Waals surface area contributed by atoms with E-state index in [1.165, 1.54) is 5.39 Å².